The van der Waals surface area contributed by atoms with Crippen LogP contribution in [0.5, 0.6) is 0 Å². The molecule has 0 spiro atoms. The number of carboxylic acids is 1. The van der Waals surface area contributed by atoms with Crippen LogP contribution in [0.25, 0.3) is 0 Å². The van der Waals surface area contributed by atoms with E-state index in [1.807, 2.05) is 6.92 Å². The number of aliphatic carboxylic acids is 1. The number of hydrogen-bond acceptors (Lipinski definition) is 3. The molecule has 8 heteroatoms. The first-order valence-electron chi connectivity index (χ1n) is 7.42. The van der Waals surface area contributed by atoms with Gasteiger partial charge in [-0.2, -0.15) is 0 Å². The van der Waals surface area contributed by atoms with Gasteiger partial charge in [-0.05, 0) is 32.4 Å². The summed E-state index contributed by atoms with van der Waals surface area (Å²) in [6.07, 6.45) is 0.858. The summed E-state index contributed by atoms with van der Waals surface area (Å²) < 4.78 is 0. The number of amides is 2. The van der Waals surface area contributed by atoms with Crippen LogP contribution >= 0.6 is 23.2 Å². The molecule has 0 saturated carbocycles. The summed E-state index contributed by atoms with van der Waals surface area (Å²) in [5.41, 5.74) is -1.25. The Morgan fingerprint density at radius 3 is 2.46 bits per heavy atom. The molecule has 2 amide bonds. The summed E-state index contributed by atoms with van der Waals surface area (Å²) in [5, 5.41) is 14.5. The highest BCUT2D eigenvalue weighted by molar-refractivity contribution is 6.43. The first-order valence-corrected chi connectivity index (χ1v) is 8.18. The Morgan fingerprint density at radius 1 is 1.29 bits per heavy atom. The molecule has 2 atom stereocenters. The monoisotopic (exact) mass is 374 g/mol. The van der Waals surface area contributed by atoms with Gasteiger partial charge in [0.2, 0.25) is 5.91 Å². The molecule has 0 aromatic heterocycles. The molecule has 6 nitrogen and oxygen atoms in total. The summed E-state index contributed by atoms with van der Waals surface area (Å²) in [6, 6.07) is 3.64. The van der Waals surface area contributed by atoms with Gasteiger partial charge in [0.05, 0.1) is 15.6 Å². The van der Waals surface area contributed by atoms with Gasteiger partial charge in [-0.15, -0.1) is 0 Å². The molecule has 1 aromatic rings. The van der Waals surface area contributed by atoms with E-state index < -0.39 is 29.4 Å². The van der Waals surface area contributed by atoms with Gasteiger partial charge in [0.25, 0.3) is 5.91 Å². The third-order valence-electron chi connectivity index (χ3n) is 3.56. The Kier molecular flexibility index (Phi) is 7.05. The van der Waals surface area contributed by atoms with Crippen LogP contribution in [0.4, 0.5) is 0 Å². The van der Waals surface area contributed by atoms with Crippen molar-refractivity contribution >= 4 is 41.0 Å². The number of halogens is 2. The van der Waals surface area contributed by atoms with Gasteiger partial charge in [0.1, 0.15) is 11.6 Å². The van der Waals surface area contributed by atoms with Crippen molar-refractivity contribution in [1.29, 1.82) is 0 Å². The third kappa shape index (κ3) is 4.85. The van der Waals surface area contributed by atoms with Gasteiger partial charge in [-0.25, -0.2) is 4.79 Å². The Hall–Kier alpha value is -1.79. The Bertz CT molecular complexity index is 651. The van der Waals surface area contributed by atoms with Crippen molar-refractivity contribution in [3.63, 3.8) is 0 Å². The number of nitrogens with one attached hydrogen (secondary N) is 2. The lowest BCUT2D eigenvalue weighted by atomic mass is 9.96. The summed E-state index contributed by atoms with van der Waals surface area (Å²) >= 11 is 11.8. The molecule has 0 saturated heterocycles. The lowest BCUT2D eigenvalue weighted by Gasteiger charge is -2.27. The number of carboxylic acid groups (broad SMARTS) is 1. The van der Waals surface area contributed by atoms with E-state index in [-0.39, 0.29) is 22.0 Å². The molecule has 0 fully saturated rings. The van der Waals surface area contributed by atoms with Crippen molar-refractivity contribution in [2.75, 3.05) is 0 Å². The molecule has 0 aliphatic rings. The molecule has 1 aromatic carbocycles. The molecule has 24 heavy (non-hydrogen) atoms. The number of carbonyl (C=O) groups is 3. The van der Waals surface area contributed by atoms with Crippen LogP contribution in [0.1, 0.15) is 44.0 Å². The fourth-order valence-electron chi connectivity index (χ4n) is 2.12. The predicted molar refractivity (Wildman–Crippen MR) is 92.5 cm³/mol. The molecular weight excluding hydrogens is 355 g/mol. The van der Waals surface area contributed by atoms with Crippen LogP contribution in [-0.2, 0) is 9.59 Å². The number of benzene rings is 1. The maximum atomic E-state index is 12.2. The molecule has 3 N–H and O–H groups in total. The molecule has 0 radical (unpaired) electrons. The summed E-state index contributed by atoms with van der Waals surface area (Å²) in [4.78, 5) is 35.8. The zero-order valence-electron chi connectivity index (χ0n) is 13.7. The largest absolute Gasteiger partial charge is 0.480 e. The van der Waals surface area contributed by atoms with Crippen molar-refractivity contribution in [1.82, 2.24) is 10.6 Å². The van der Waals surface area contributed by atoms with Crippen molar-refractivity contribution in [3.8, 4) is 0 Å². The van der Waals surface area contributed by atoms with Crippen molar-refractivity contribution < 1.29 is 19.5 Å². The standard InChI is InChI=1S/C16H20Cl2N2O4/c1-4-8-16(3,15(23)24)20-13(21)9(2)19-14(22)10-6-5-7-11(17)12(10)18/h5-7,9H,4,8H2,1-3H3,(H,19,22)(H,20,21)(H,23,24). The number of hydrogen-bond donors (Lipinski definition) is 3. The van der Waals surface area contributed by atoms with E-state index in [1.54, 1.807) is 12.1 Å². The van der Waals surface area contributed by atoms with Crippen molar-refractivity contribution in [2.45, 2.75) is 45.2 Å². The molecular formula is C16H20Cl2N2O4. The lowest BCUT2D eigenvalue weighted by molar-refractivity contribution is -0.147. The molecule has 1 rings (SSSR count). The van der Waals surface area contributed by atoms with E-state index in [9.17, 15) is 19.5 Å². The van der Waals surface area contributed by atoms with Crippen LogP contribution in [0.15, 0.2) is 18.2 Å². The molecule has 2 unspecified atom stereocenters. The van der Waals surface area contributed by atoms with Gasteiger partial charge in [-0.3, -0.25) is 9.59 Å². The zero-order valence-corrected chi connectivity index (χ0v) is 15.2. The molecule has 0 bridgehead atoms. The summed E-state index contributed by atoms with van der Waals surface area (Å²) in [5.74, 6) is -2.30. The lowest BCUT2D eigenvalue weighted by Crippen LogP contribution is -2.57. The van der Waals surface area contributed by atoms with Crippen LogP contribution in [-0.4, -0.2) is 34.5 Å². The van der Waals surface area contributed by atoms with Gasteiger partial charge in [-0.1, -0.05) is 42.6 Å². The highest BCUT2D eigenvalue weighted by Crippen LogP contribution is 2.25. The Morgan fingerprint density at radius 2 is 1.92 bits per heavy atom. The van der Waals surface area contributed by atoms with E-state index in [2.05, 4.69) is 10.6 Å². The predicted octanol–water partition coefficient (Wildman–Crippen LogP) is 2.87. The summed E-state index contributed by atoms with van der Waals surface area (Å²) in [6.45, 7) is 4.71. The Balaban J connectivity index is 2.81. The van der Waals surface area contributed by atoms with Gasteiger partial charge >= 0.3 is 5.97 Å². The first-order chi connectivity index (χ1) is 11.1. The van der Waals surface area contributed by atoms with Crippen LogP contribution < -0.4 is 10.6 Å². The maximum absolute atomic E-state index is 12.2. The fraction of sp³-hybridized carbons (Fsp3) is 0.438. The van der Waals surface area contributed by atoms with Gasteiger partial charge < -0.3 is 15.7 Å². The number of carbonyl (C=O) groups excluding carboxylic acids is 2. The molecule has 0 aliphatic carbocycles. The highest BCUT2D eigenvalue weighted by atomic mass is 35.5. The zero-order chi connectivity index (χ0) is 18.5. The average Bonchev–Trinajstić information content (AvgIpc) is 2.49. The summed E-state index contributed by atoms with van der Waals surface area (Å²) in [7, 11) is 0. The quantitative estimate of drug-likeness (QED) is 0.683. The topological polar surface area (TPSA) is 95.5 Å². The maximum Gasteiger partial charge on any atom is 0.329 e. The van der Waals surface area contributed by atoms with E-state index >= 15 is 0 Å². The second-order valence-electron chi connectivity index (χ2n) is 5.67. The van der Waals surface area contributed by atoms with E-state index in [4.69, 9.17) is 23.2 Å². The average molecular weight is 375 g/mol. The second-order valence-corrected chi connectivity index (χ2v) is 6.46. The third-order valence-corrected chi connectivity index (χ3v) is 4.38. The molecule has 132 valence electrons. The molecule has 0 aliphatic heterocycles. The van der Waals surface area contributed by atoms with Crippen molar-refractivity contribution in [2.24, 2.45) is 0 Å². The van der Waals surface area contributed by atoms with E-state index in [0.29, 0.717) is 6.42 Å². The van der Waals surface area contributed by atoms with Crippen molar-refractivity contribution in [3.05, 3.63) is 33.8 Å². The SMILES string of the molecule is CCCC(C)(NC(=O)C(C)NC(=O)c1cccc(Cl)c1Cl)C(=O)O. The minimum atomic E-state index is -1.39. The van der Waals surface area contributed by atoms with Crippen LogP contribution in [0.3, 0.4) is 0 Å². The fourth-order valence-corrected chi connectivity index (χ4v) is 2.51. The Labute approximate surface area is 150 Å². The van der Waals surface area contributed by atoms with E-state index in [0.717, 1.165) is 0 Å². The van der Waals surface area contributed by atoms with Gasteiger partial charge in [0.15, 0.2) is 0 Å². The van der Waals surface area contributed by atoms with E-state index in [1.165, 1.54) is 19.9 Å². The normalized spacial score (nSPS) is 14.4. The van der Waals surface area contributed by atoms with Crippen LogP contribution in [0.2, 0.25) is 10.0 Å². The van der Waals surface area contributed by atoms with Gasteiger partial charge in [0, 0.05) is 0 Å². The highest BCUT2D eigenvalue weighted by Gasteiger charge is 2.35. The minimum absolute atomic E-state index is 0.0885. The number of rotatable bonds is 7. The molecule has 0 heterocycles. The first kappa shape index (κ1) is 20.3. The smallest absolute Gasteiger partial charge is 0.329 e. The van der Waals surface area contributed by atoms with Crippen LogP contribution in [0, 0.1) is 0 Å². The second kappa shape index (κ2) is 8.35. The minimum Gasteiger partial charge on any atom is -0.480 e.